The van der Waals surface area contributed by atoms with Crippen LogP contribution in [0.15, 0.2) is 18.2 Å². The van der Waals surface area contributed by atoms with E-state index in [2.05, 4.69) is 0 Å². The molecule has 1 atom stereocenters. The van der Waals surface area contributed by atoms with Crippen LogP contribution < -0.4 is 0 Å². The second kappa shape index (κ2) is 6.91. The highest BCUT2D eigenvalue weighted by Gasteiger charge is 2.22. The lowest BCUT2D eigenvalue weighted by Gasteiger charge is -2.22. The van der Waals surface area contributed by atoms with Crippen LogP contribution in [0.3, 0.4) is 0 Å². The van der Waals surface area contributed by atoms with Gasteiger partial charge in [-0.05, 0) is 0 Å². The molecule has 0 radical (unpaired) electrons. The predicted molar refractivity (Wildman–Crippen MR) is 70.6 cm³/mol. The molecular weight excluding hydrogens is 300 g/mol. The third-order valence-corrected chi connectivity index (χ3v) is 2.85. The Morgan fingerprint density at radius 3 is 2.32 bits per heavy atom. The summed E-state index contributed by atoms with van der Waals surface area (Å²) in [5.74, 6) is -0.902. The molecule has 1 aromatic carbocycles. The van der Waals surface area contributed by atoms with Crippen molar-refractivity contribution in [2.75, 3.05) is 26.4 Å². The zero-order chi connectivity index (χ0) is 16.1. The minimum absolute atomic E-state index is 0.102. The number of carbonyl (C=O) groups excluding carboxylic acids is 1. The van der Waals surface area contributed by atoms with E-state index in [1.54, 1.807) is 0 Å². The number of rotatable bonds is 5. The van der Waals surface area contributed by atoms with Crippen molar-refractivity contribution in [1.82, 2.24) is 0 Å². The van der Waals surface area contributed by atoms with Crippen LogP contribution in [0.4, 0.5) is 11.4 Å². The number of ether oxygens (including phenoxy) is 3. The summed E-state index contributed by atoms with van der Waals surface area (Å²) in [6.07, 6.45) is -0.425. The SMILES string of the molecule is O=C(OCC1COCCO1)c1cc([N+](=O)[O-])cc([N+](=O)[O-])c1. The summed E-state index contributed by atoms with van der Waals surface area (Å²) in [5.41, 5.74) is -1.38. The van der Waals surface area contributed by atoms with Crippen LogP contribution in [0.2, 0.25) is 0 Å². The van der Waals surface area contributed by atoms with Crippen molar-refractivity contribution in [2.45, 2.75) is 6.10 Å². The van der Waals surface area contributed by atoms with Crippen LogP contribution in [-0.4, -0.2) is 48.3 Å². The first-order valence-corrected chi connectivity index (χ1v) is 6.27. The number of carbonyl (C=O) groups is 1. The summed E-state index contributed by atoms with van der Waals surface area (Å²) in [5, 5.41) is 21.5. The first-order chi connectivity index (χ1) is 10.5. The Labute approximate surface area is 123 Å². The van der Waals surface area contributed by atoms with Gasteiger partial charge in [0.1, 0.15) is 12.7 Å². The van der Waals surface area contributed by atoms with E-state index in [9.17, 15) is 25.0 Å². The summed E-state index contributed by atoms with van der Waals surface area (Å²) in [6.45, 7) is 1.00. The minimum atomic E-state index is -0.902. The van der Waals surface area contributed by atoms with E-state index >= 15 is 0 Å². The highest BCUT2D eigenvalue weighted by atomic mass is 16.6. The van der Waals surface area contributed by atoms with Crippen LogP contribution in [0.1, 0.15) is 10.4 Å². The molecule has 1 fully saturated rings. The van der Waals surface area contributed by atoms with Crippen LogP contribution in [0.25, 0.3) is 0 Å². The summed E-state index contributed by atoms with van der Waals surface area (Å²) in [4.78, 5) is 31.7. The normalized spacial score (nSPS) is 17.7. The molecule has 0 amide bonds. The highest BCUT2D eigenvalue weighted by molar-refractivity contribution is 5.91. The maximum Gasteiger partial charge on any atom is 0.338 e. The molecule has 1 aliphatic heterocycles. The second-order valence-electron chi connectivity index (χ2n) is 4.42. The minimum Gasteiger partial charge on any atom is -0.459 e. The molecule has 1 unspecified atom stereocenters. The number of hydrogen-bond donors (Lipinski definition) is 0. The molecule has 10 heteroatoms. The predicted octanol–water partition coefficient (Wildman–Crippen LogP) is 1.08. The van der Waals surface area contributed by atoms with Crippen LogP contribution >= 0.6 is 0 Å². The smallest absolute Gasteiger partial charge is 0.338 e. The first kappa shape index (κ1) is 15.8. The van der Waals surface area contributed by atoms with Crippen molar-refractivity contribution in [3.63, 3.8) is 0 Å². The zero-order valence-corrected chi connectivity index (χ0v) is 11.3. The molecule has 0 aromatic heterocycles. The topological polar surface area (TPSA) is 131 Å². The van der Waals surface area contributed by atoms with E-state index < -0.39 is 33.3 Å². The van der Waals surface area contributed by atoms with Crippen LogP contribution in [0, 0.1) is 20.2 Å². The fraction of sp³-hybridized carbons (Fsp3) is 0.417. The highest BCUT2D eigenvalue weighted by Crippen LogP contribution is 2.23. The van der Waals surface area contributed by atoms with E-state index in [-0.39, 0.29) is 18.8 Å². The van der Waals surface area contributed by atoms with E-state index in [0.717, 1.165) is 18.2 Å². The van der Waals surface area contributed by atoms with Gasteiger partial charge in [-0.15, -0.1) is 0 Å². The number of hydrogen-bond acceptors (Lipinski definition) is 8. The van der Waals surface area contributed by atoms with Gasteiger partial charge in [-0.1, -0.05) is 0 Å². The molecule has 1 aromatic rings. The molecule has 2 rings (SSSR count). The van der Waals surface area contributed by atoms with Crippen molar-refractivity contribution in [3.8, 4) is 0 Å². The molecule has 1 saturated heterocycles. The molecular formula is C12H12N2O8. The van der Waals surface area contributed by atoms with Crippen molar-refractivity contribution >= 4 is 17.3 Å². The summed E-state index contributed by atoms with van der Waals surface area (Å²) < 4.78 is 15.3. The number of non-ortho nitro benzene ring substituents is 2. The molecule has 1 heterocycles. The molecule has 0 bridgehead atoms. The second-order valence-corrected chi connectivity index (χ2v) is 4.42. The monoisotopic (exact) mass is 312 g/mol. The Kier molecular flexibility index (Phi) is 4.96. The molecule has 0 N–H and O–H groups in total. The van der Waals surface area contributed by atoms with Crippen molar-refractivity contribution in [3.05, 3.63) is 44.0 Å². The standard InChI is InChI=1S/C12H12N2O8/c15-12(22-7-11-6-20-1-2-21-11)8-3-9(13(16)17)5-10(4-8)14(18)19/h3-5,11H,1-2,6-7H2. The Morgan fingerprint density at radius 2 is 1.82 bits per heavy atom. The third-order valence-electron chi connectivity index (χ3n) is 2.85. The number of nitro groups is 2. The molecule has 22 heavy (non-hydrogen) atoms. The molecule has 0 spiro atoms. The van der Waals surface area contributed by atoms with Gasteiger partial charge in [0.2, 0.25) is 0 Å². The Morgan fingerprint density at radius 1 is 1.18 bits per heavy atom. The van der Waals surface area contributed by atoms with Crippen molar-refractivity contribution in [2.24, 2.45) is 0 Å². The van der Waals surface area contributed by atoms with Crippen molar-refractivity contribution < 1.29 is 28.9 Å². The number of esters is 1. The van der Waals surface area contributed by atoms with Gasteiger partial charge in [-0.2, -0.15) is 0 Å². The number of nitrogens with zero attached hydrogens (tertiary/aromatic N) is 2. The molecule has 0 saturated carbocycles. The average Bonchev–Trinajstić information content (AvgIpc) is 2.53. The fourth-order valence-electron chi connectivity index (χ4n) is 1.81. The molecule has 118 valence electrons. The third kappa shape index (κ3) is 3.96. The Balaban J connectivity index is 2.10. The first-order valence-electron chi connectivity index (χ1n) is 6.27. The lowest BCUT2D eigenvalue weighted by atomic mass is 10.2. The lowest BCUT2D eigenvalue weighted by Crippen LogP contribution is -2.33. The van der Waals surface area contributed by atoms with E-state index in [1.807, 2.05) is 0 Å². The Hall–Kier alpha value is -2.59. The maximum atomic E-state index is 11.9. The van der Waals surface area contributed by atoms with E-state index in [4.69, 9.17) is 14.2 Å². The zero-order valence-electron chi connectivity index (χ0n) is 11.3. The number of benzene rings is 1. The largest absolute Gasteiger partial charge is 0.459 e. The van der Waals surface area contributed by atoms with E-state index in [0.29, 0.717) is 13.2 Å². The molecule has 1 aliphatic rings. The van der Waals surface area contributed by atoms with Crippen LogP contribution in [-0.2, 0) is 14.2 Å². The van der Waals surface area contributed by atoms with Gasteiger partial charge in [-0.3, -0.25) is 20.2 Å². The van der Waals surface area contributed by atoms with Gasteiger partial charge in [0.15, 0.2) is 0 Å². The maximum absolute atomic E-state index is 11.9. The van der Waals surface area contributed by atoms with Gasteiger partial charge in [-0.25, -0.2) is 4.79 Å². The van der Waals surface area contributed by atoms with Gasteiger partial charge >= 0.3 is 5.97 Å². The summed E-state index contributed by atoms with van der Waals surface area (Å²) in [7, 11) is 0. The average molecular weight is 312 g/mol. The summed E-state index contributed by atoms with van der Waals surface area (Å²) >= 11 is 0. The van der Waals surface area contributed by atoms with E-state index in [1.165, 1.54) is 0 Å². The molecule has 0 aliphatic carbocycles. The van der Waals surface area contributed by atoms with Gasteiger partial charge < -0.3 is 14.2 Å². The fourth-order valence-corrected chi connectivity index (χ4v) is 1.81. The number of nitro benzene ring substituents is 2. The summed E-state index contributed by atoms with van der Waals surface area (Å²) in [6, 6.07) is 2.62. The molecule has 10 nitrogen and oxygen atoms in total. The van der Waals surface area contributed by atoms with Crippen molar-refractivity contribution in [1.29, 1.82) is 0 Å². The van der Waals surface area contributed by atoms with Crippen LogP contribution in [0.5, 0.6) is 0 Å². The Bertz CT molecular complexity index is 565. The van der Waals surface area contributed by atoms with Gasteiger partial charge in [0, 0.05) is 12.1 Å². The van der Waals surface area contributed by atoms with Gasteiger partial charge in [0.05, 0.1) is 41.3 Å². The van der Waals surface area contributed by atoms with Gasteiger partial charge in [0.25, 0.3) is 11.4 Å². The lowest BCUT2D eigenvalue weighted by molar-refractivity contribution is -0.394. The quantitative estimate of drug-likeness (QED) is 0.448.